The average molecular weight is 225 g/mol. The van der Waals surface area contributed by atoms with E-state index in [4.69, 9.17) is 9.47 Å². The molecule has 0 atom stereocenters. The van der Waals surface area contributed by atoms with Gasteiger partial charge in [0.05, 0.1) is 4.92 Å². The number of ether oxygens (including phenoxy) is 2. The van der Waals surface area contributed by atoms with E-state index >= 15 is 0 Å². The highest BCUT2D eigenvalue weighted by atomic mass is 19.1. The minimum Gasteiger partial charge on any atom is -0.454 e. The molecule has 0 saturated carbocycles. The van der Waals surface area contributed by atoms with Crippen LogP contribution in [0.2, 0.25) is 0 Å². The van der Waals surface area contributed by atoms with Crippen molar-refractivity contribution in [2.75, 3.05) is 13.5 Å². The quantitative estimate of drug-likeness (QED) is 0.583. The van der Waals surface area contributed by atoms with Crippen molar-refractivity contribution in [1.29, 1.82) is 0 Å². The van der Waals surface area contributed by atoms with Crippen LogP contribution in [0.25, 0.3) is 6.08 Å². The maximum absolute atomic E-state index is 12.3. The Labute approximate surface area is 90.2 Å². The Bertz CT molecular complexity index is 458. The topological polar surface area (TPSA) is 61.6 Å². The molecule has 1 heterocycles. The Morgan fingerprint density at radius 2 is 2.25 bits per heavy atom. The normalized spacial score (nSPS) is 13.9. The maximum atomic E-state index is 12.3. The maximum Gasteiger partial charge on any atom is 0.277 e. The summed E-state index contributed by atoms with van der Waals surface area (Å²) in [5.41, 5.74) is 0.0208. The van der Waals surface area contributed by atoms with Crippen molar-refractivity contribution in [3.8, 4) is 11.5 Å². The van der Waals surface area contributed by atoms with Gasteiger partial charge < -0.3 is 9.47 Å². The zero-order chi connectivity index (χ0) is 11.5. The van der Waals surface area contributed by atoms with E-state index in [1.54, 1.807) is 18.2 Å². The van der Waals surface area contributed by atoms with Crippen LogP contribution in [0.3, 0.4) is 0 Å². The van der Waals surface area contributed by atoms with Crippen LogP contribution in [0.15, 0.2) is 23.9 Å². The number of benzene rings is 1. The molecule has 0 amide bonds. The van der Waals surface area contributed by atoms with Crippen molar-refractivity contribution in [2.45, 2.75) is 0 Å². The molecule has 1 aliphatic rings. The molecule has 0 spiro atoms. The second-order valence-corrected chi connectivity index (χ2v) is 3.14. The van der Waals surface area contributed by atoms with Gasteiger partial charge in [0, 0.05) is 6.08 Å². The third kappa shape index (κ3) is 1.95. The number of fused-ring (bicyclic) bond motifs is 1. The third-order valence-electron chi connectivity index (χ3n) is 2.10. The highest BCUT2D eigenvalue weighted by molar-refractivity contribution is 5.57. The molecule has 5 nitrogen and oxygen atoms in total. The van der Waals surface area contributed by atoms with Crippen LogP contribution in [0, 0.1) is 10.1 Å². The molecule has 0 saturated heterocycles. The van der Waals surface area contributed by atoms with Crippen LogP contribution in [-0.4, -0.2) is 18.4 Å². The average Bonchev–Trinajstić information content (AvgIpc) is 2.72. The van der Waals surface area contributed by atoms with Crippen molar-refractivity contribution >= 4 is 6.08 Å². The fourth-order valence-corrected chi connectivity index (χ4v) is 1.34. The van der Waals surface area contributed by atoms with E-state index in [1.807, 2.05) is 0 Å². The molecule has 1 aliphatic heterocycles. The number of hydrogen-bond acceptors (Lipinski definition) is 4. The van der Waals surface area contributed by atoms with Crippen molar-refractivity contribution in [2.24, 2.45) is 0 Å². The van der Waals surface area contributed by atoms with E-state index in [0.717, 1.165) is 0 Å². The summed E-state index contributed by atoms with van der Waals surface area (Å²) in [5.74, 6) is 1.09. The van der Waals surface area contributed by atoms with Crippen molar-refractivity contribution in [3.05, 3.63) is 39.6 Å². The monoisotopic (exact) mass is 225 g/mol. The largest absolute Gasteiger partial charge is 0.454 e. The molecule has 0 radical (unpaired) electrons. The Morgan fingerprint density at radius 3 is 2.94 bits per heavy atom. The van der Waals surface area contributed by atoms with Crippen LogP contribution in [0.4, 0.5) is 4.39 Å². The first-order valence-corrected chi connectivity index (χ1v) is 4.51. The van der Waals surface area contributed by atoms with Gasteiger partial charge in [0.15, 0.2) is 18.2 Å². The Hall–Kier alpha value is -2.11. The van der Waals surface area contributed by atoms with Crippen LogP contribution in [0.1, 0.15) is 5.56 Å². The second-order valence-electron chi connectivity index (χ2n) is 3.14. The number of hydrogen-bond donors (Lipinski definition) is 0. The van der Waals surface area contributed by atoms with Gasteiger partial charge in [-0.15, -0.1) is 0 Å². The van der Waals surface area contributed by atoms with Gasteiger partial charge in [-0.1, -0.05) is 6.07 Å². The van der Waals surface area contributed by atoms with Crippen molar-refractivity contribution in [1.82, 2.24) is 0 Å². The van der Waals surface area contributed by atoms with Crippen LogP contribution in [-0.2, 0) is 0 Å². The summed E-state index contributed by atoms with van der Waals surface area (Å²) in [5, 5.41) is 10.4. The summed E-state index contributed by atoms with van der Waals surface area (Å²) in [6, 6.07) is 4.80. The van der Waals surface area contributed by atoms with Gasteiger partial charge in [-0.25, -0.2) is 4.39 Å². The number of nitrogens with zero attached hydrogens (tertiary/aromatic N) is 1. The Balaban J connectivity index is 2.31. The van der Waals surface area contributed by atoms with Gasteiger partial charge in [0.25, 0.3) is 5.70 Å². The lowest BCUT2D eigenvalue weighted by Gasteiger charge is -1.97. The lowest BCUT2D eigenvalue weighted by Crippen LogP contribution is -1.99. The number of allylic oxidation sites excluding steroid dienone is 1. The molecular weight excluding hydrogens is 217 g/mol. The molecule has 2 rings (SSSR count). The van der Waals surface area contributed by atoms with Gasteiger partial charge >= 0.3 is 0 Å². The van der Waals surface area contributed by atoms with Crippen molar-refractivity contribution in [3.63, 3.8) is 0 Å². The fraction of sp³-hybridized carbons (Fsp3) is 0.200. The standard InChI is InChI=1S/C10H8FNO4/c11-5-8(12(13)14)3-7-1-2-9-10(4-7)16-6-15-9/h1-4H,5-6H2/b8-3+. The molecule has 0 unspecified atom stereocenters. The third-order valence-corrected chi connectivity index (χ3v) is 2.10. The minimum absolute atomic E-state index is 0.133. The Morgan fingerprint density at radius 1 is 1.50 bits per heavy atom. The predicted molar refractivity (Wildman–Crippen MR) is 53.5 cm³/mol. The molecule has 1 aromatic carbocycles. The fourth-order valence-electron chi connectivity index (χ4n) is 1.34. The van der Waals surface area contributed by atoms with E-state index in [0.29, 0.717) is 17.1 Å². The zero-order valence-corrected chi connectivity index (χ0v) is 8.18. The van der Waals surface area contributed by atoms with Gasteiger partial charge in [-0.05, 0) is 17.7 Å². The minimum atomic E-state index is -1.11. The van der Waals surface area contributed by atoms with Gasteiger partial charge in [0.1, 0.15) is 0 Å². The molecule has 0 bridgehead atoms. The summed E-state index contributed by atoms with van der Waals surface area (Å²) in [6.07, 6.45) is 1.17. The van der Waals surface area contributed by atoms with E-state index in [9.17, 15) is 14.5 Å². The summed E-state index contributed by atoms with van der Waals surface area (Å²) < 4.78 is 22.5. The first-order chi connectivity index (χ1) is 7.70. The van der Waals surface area contributed by atoms with Crippen LogP contribution in [0.5, 0.6) is 11.5 Å². The first kappa shape index (κ1) is 10.4. The SMILES string of the molecule is O=[N+]([O-])/C(=C/c1ccc2c(c1)OCO2)CF. The highest BCUT2D eigenvalue weighted by Gasteiger charge is 2.14. The van der Waals surface area contributed by atoms with Crippen LogP contribution < -0.4 is 9.47 Å². The summed E-state index contributed by atoms with van der Waals surface area (Å²) >= 11 is 0. The summed E-state index contributed by atoms with van der Waals surface area (Å²) in [7, 11) is 0. The predicted octanol–water partition coefficient (Wildman–Crippen LogP) is 2.00. The molecule has 84 valence electrons. The molecule has 0 N–H and O–H groups in total. The van der Waals surface area contributed by atoms with Gasteiger partial charge in [-0.2, -0.15) is 0 Å². The first-order valence-electron chi connectivity index (χ1n) is 4.51. The number of nitro groups is 1. The van der Waals surface area contributed by atoms with E-state index < -0.39 is 17.3 Å². The number of alkyl halides is 1. The lowest BCUT2D eigenvalue weighted by atomic mass is 10.2. The van der Waals surface area contributed by atoms with Crippen LogP contribution >= 0.6 is 0 Å². The van der Waals surface area contributed by atoms with E-state index in [1.165, 1.54) is 6.08 Å². The number of rotatable bonds is 3. The second kappa shape index (κ2) is 4.18. The molecular formula is C10H8FNO4. The van der Waals surface area contributed by atoms with E-state index in [-0.39, 0.29) is 6.79 Å². The van der Waals surface area contributed by atoms with Gasteiger partial charge in [0.2, 0.25) is 6.79 Å². The molecule has 1 aromatic rings. The van der Waals surface area contributed by atoms with Gasteiger partial charge in [-0.3, -0.25) is 10.1 Å². The molecule has 0 aromatic heterocycles. The molecule has 6 heteroatoms. The molecule has 0 aliphatic carbocycles. The highest BCUT2D eigenvalue weighted by Crippen LogP contribution is 2.33. The van der Waals surface area contributed by atoms with E-state index in [2.05, 4.69) is 0 Å². The zero-order valence-electron chi connectivity index (χ0n) is 8.18. The van der Waals surface area contributed by atoms with Crippen molar-refractivity contribution < 1.29 is 18.8 Å². The summed E-state index contributed by atoms with van der Waals surface area (Å²) in [4.78, 5) is 9.66. The summed E-state index contributed by atoms with van der Waals surface area (Å²) in [6.45, 7) is -0.977. The molecule has 0 fully saturated rings. The Kier molecular flexibility index (Phi) is 2.72. The number of halogens is 1. The smallest absolute Gasteiger partial charge is 0.277 e. The molecule has 16 heavy (non-hydrogen) atoms. The lowest BCUT2D eigenvalue weighted by molar-refractivity contribution is -0.426.